The number of benzene rings is 1. The maximum Gasteiger partial charge on any atom is 0.241 e. The van der Waals surface area contributed by atoms with Crippen molar-refractivity contribution in [3.63, 3.8) is 0 Å². The summed E-state index contributed by atoms with van der Waals surface area (Å²) in [7, 11) is 0. The Bertz CT molecular complexity index is 362. The number of alkyl halides is 2. The highest BCUT2D eigenvalue weighted by molar-refractivity contribution is 5.27. The Morgan fingerprint density at radius 3 is 2.21 bits per heavy atom. The zero-order valence-electron chi connectivity index (χ0n) is 11.8. The van der Waals surface area contributed by atoms with Crippen molar-refractivity contribution in [2.75, 3.05) is 0 Å². The minimum atomic E-state index is -2.49. The van der Waals surface area contributed by atoms with Crippen LogP contribution in [0.25, 0.3) is 0 Å². The summed E-state index contributed by atoms with van der Waals surface area (Å²) in [5.41, 5.74) is 0.406. The van der Waals surface area contributed by atoms with Crippen LogP contribution in [0.1, 0.15) is 57.1 Å². The van der Waals surface area contributed by atoms with Crippen molar-refractivity contribution >= 4 is 0 Å². The van der Waals surface area contributed by atoms with E-state index < -0.39 is 18.4 Å². The summed E-state index contributed by atoms with van der Waals surface area (Å²) in [6.07, 6.45) is 1.32. The van der Waals surface area contributed by atoms with E-state index in [1.807, 2.05) is 19.1 Å². The smallest absolute Gasteiger partial charge is 0.241 e. The second-order valence-corrected chi connectivity index (χ2v) is 5.18. The Morgan fingerprint density at radius 1 is 1.11 bits per heavy atom. The van der Waals surface area contributed by atoms with Crippen molar-refractivity contribution in [1.29, 1.82) is 0 Å². The molecule has 1 aromatic carbocycles. The van der Waals surface area contributed by atoms with E-state index in [4.69, 9.17) is 0 Å². The molecule has 1 rings (SSSR count). The van der Waals surface area contributed by atoms with E-state index in [1.165, 1.54) is 5.56 Å². The van der Waals surface area contributed by atoms with Crippen LogP contribution >= 0.6 is 0 Å². The topological polar surface area (TPSA) is 20.2 Å². The molecule has 0 spiro atoms. The van der Waals surface area contributed by atoms with Crippen molar-refractivity contribution in [1.82, 2.24) is 0 Å². The lowest BCUT2D eigenvalue weighted by molar-refractivity contribution is -0.0333. The molecule has 0 fully saturated rings. The maximum atomic E-state index is 12.6. The van der Waals surface area contributed by atoms with E-state index in [0.717, 1.165) is 19.3 Å². The third-order valence-corrected chi connectivity index (χ3v) is 3.47. The van der Waals surface area contributed by atoms with Crippen LogP contribution < -0.4 is 0 Å². The molecule has 1 nitrogen and oxygen atoms in total. The molecule has 1 aromatic rings. The number of unbranched alkanes of at least 4 members (excludes halogenated alkanes) is 1. The van der Waals surface area contributed by atoms with Crippen LogP contribution in [0.3, 0.4) is 0 Å². The van der Waals surface area contributed by atoms with Crippen molar-refractivity contribution in [2.45, 2.75) is 64.4 Å². The van der Waals surface area contributed by atoms with Crippen molar-refractivity contribution < 1.29 is 13.9 Å². The first-order valence-electron chi connectivity index (χ1n) is 7.11. The van der Waals surface area contributed by atoms with Gasteiger partial charge in [-0.2, -0.15) is 0 Å². The Kier molecular flexibility index (Phi) is 6.43. The van der Waals surface area contributed by atoms with Crippen LogP contribution in [0.2, 0.25) is 0 Å². The molecular formula is C16H24F2O. The zero-order valence-corrected chi connectivity index (χ0v) is 11.8. The number of halogens is 2. The van der Waals surface area contributed by atoms with Gasteiger partial charge in [-0.25, -0.2) is 8.78 Å². The van der Waals surface area contributed by atoms with Gasteiger partial charge in [-0.15, -0.1) is 0 Å². The fourth-order valence-electron chi connectivity index (χ4n) is 2.40. The number of aliphatic hydroxyl groups is 1. The van der Waals surface area contributed by atoms with E-state index in [0.29, 0.717) is 18.4 Å². The SMILES string of the molecule is CCCCc1ccc(C(O)(CCC)CC(F)F)cc1. The second kappa shape index (κ2) is 7.59. The lowest BCUT2D eigenvalue weighted by atomic mass is 9.86. The van der Waals surface area contributed by atoms with Crippen LogP contribution in [0.4, 0.5) is 8.78 Å². The highest BCUT2D eigenvalue weighted by Crippen LogP contribution is 2.33. The first-order chi connectivity index (χ1) is 9.01. The van der Waals surface area contributed by atoms with Gasteiger partial charge in [0.2, 0.25) is 6.43 Å². The first-order valence-corrected chi connectivity index (χ1v) is 7.11. The molecule has 0 radical (unpaired) electrons. The largest absolute Gasteiger partial charge is 0.385 e. The van der Waals surface area contributed by atoms with Gasteiger partial charge in [0.1, 0.15) is 0 Å². The Labute approximate surface area is 114 Å². The summed E-state index contributed by atoms with van der Waals surface area (Å²) in [6.45, 7) is 4.03. The van der Waals surface area contributed by atoms with Crippen LogP contribution in [0.15, 0.2) is 24.3 Å². The lowest BCUT2D eigenvalue weighted by Crippen LogP contribution is -2.28. The Balaban J connectivity index is 2.84. The Hall–Kier alpha value is -0.960. The fourth-order valence-corrected chi connectivity index (χ4v) is 2.40. The minimum Gasteiger partial charge on any atom is -0.385 e. The second-order valence-electron chi connectivity index (χ2n) is 5.18. The molecule has 0 saturated carbocycles. The molecule has 0 bridgehead atoms. The van der Waals surface area contributed by atoms with Crippen molar-refractivity contribution in [3.8, 4) is 0 Å². The average Bonchev–Trinajstić information content (AvgIpc) is 2.36. The summed E-state index contributed by atoms with van der Waals surface area (Å²) >= 11 is 0. The van der Waals surface area contributed by atoms with Crippen LogP contribution in [-0.2, 0) is 12.0 Å². The third-order valence-electron chi connectivity index (χ3n) is 3.47. The van der Waals surface area contributed by atoms with E-state index >= 15 is 0 Å². The molecule has 19 heavy (non-hydrogen) atoms. The molecule has 3 heteroatoms. The van der Waals surface area contributed by atoms with E-state index in [9.17, 15) is 13.9 Å². The molecule has 1 atom stereocenters. The molecule has 0 aliphatic rings. The standard InChI is InChI=1S/C16H24F2O/c1-3-5-6-13-7-9-14(10-8-13)16(19,11-4-2)12-15(17)18/h7-10,15,19H,3-6,11-12H2,1-2H3. The van der Waals surface area contributed by atoms with Gasteiger partial charge in [-0.3, -0.25) is 0 Å². The molecule has 0 aromatic heterocycles. The van der Waals surface area contributed by atoms with E-state index in [-0.39, 0.29) is 0 Å². The van der Waals surface area contributed by atoms with Gasteiger partial charge < -0.3 is 5.11 Å². The van der Waals surface area contributed by atoms with Gasteiger partial charge in [0.15, 0.2) is 0 Å². The molecule has 0 heterocycles. The number of rotatable bonds is 8. The molecule has 0 amide bonds. The van der Waals surface area contributed by atoms with Gasteiger partial charge in [0.25, 0.3) is 0 Å². The van der Waals surface area contributed by atoms with Gasteiger partial charge in [-0.05, 0) is 30.4 Å². The Morgan fingerprint density at radius 2 is 1.74 bits per heavy atom. The van der Waals surface area contributed by atoms with E-state index in [1.54, 1.807) is 12.1 Å². The predicted molar refractivity (Wildman–Crippen MR) is 74.5 cm³/mol. The molecular weight excluding hydrogens is 246 g/mol. The molecule has 1 unspecified atom stereocenters. The van der Waals surface area contributed by atoms with Gasteiger partial charge in [-0.1, -0.05) is 51.0 Å². The number of hydrogen-bond acceptors (Lipinski definition) is 1. The summed E-state index contributed by atoms with van der Waals surface area (Å²) < 4.78 is 25.2. The summed E-state index contributed by atoms with van der Waals surface area (Å²) in [4.78, 5) is 0. The first kappa shape index (κ1) is 16.1. The zero-order chi connectivity index (χ0) is 14.3. The summed E-state index contributed by atoms with van der Waals surface area (Å²) in [5.74, 6) is 0. The monoisotopic (exact) mass is 270 g/mol. The van der Waals surface area contributed by atoms with Gasteiger partial charge in [0, 0.05) is 6.42 Å². The van der Waals surface area contributed by atoms with E-state index in [2.05, 4.69) is 6.92 Å². The third kappa shape index (κ3) is 4.90. The molecule has 108 valence electrons. The molecule has 1 N–H and O–H groups in total. The highest BCUT2D eigenvalue weighted by atomic mass is 19.3. The minimum absolute atomic E-state index is 0.367. The average molecular weight is 270 g/mol. The van der Waals surface area contributed by atoms with Crippen LogP contribution in [-0.4, -0.2) is 11.5 Å². The van der Waals surface area contributed by atoms with Gasteiger partial charge in [0.05, 0.1) is 5.60 Å². The number of hydrogen-bond donors (Lipinski definition) is 1. The van der Waals surface area contributed by atoms with Gasteiger partial charge >= 0.3 is 0 Å². The summed E-state index contributed by atoms with van der Waals surface area (Å²) in [6, 6.07) is 7.47. The quantitative estimate of drug-likeness (QED) is 0.727. The normalized spacial score (nSPS) is 14.6. The number of aryl methyl sites for hydroxylation is 1. The highest BCUT2D eigenvalue weighted by Gasteiger charge is 2.31. The summed E-state index contributed by atoms with van der Waals surface area (Å²) in [5, 5.41) is 10.4. The molecule has 0 aliphatic heterocycles. The lowest BCUT2D eigenvalue weighted by Gasteiger charge is -2.28. The maximum absolute atomic E-state index is 12.6. The molecule has 0 aliphatic carbocycles. The van der Waals surface area contributed by atoms with Crippen molar-refractivity contribution in [3.05, 3.63) is 35.4 Å². The van der Waals surface area contributed by atoms with Crippen molar-refractivity contribution in [2.24, 2.45) is 0 Å². The van der Waals surface area contributed by atoms with Crippen LogP contribution in [0.5, 0.6) is 0 Å². The van der Waals surface area contributed by atoms with Crippen LogP contribution in [0, 0.1) is 0 Å². The molecule has 0 saturated heterocycles. The fraction of sp³-hybridized carbons (Fsp3) is 0.625. The predicted octanol–water partition coefficient (Wildman–Crippen LogP) is 4.67.